The normalized spacial score (nSPS) is 17.3. The monoisotopic (exact) mass is 297 g/mol. The standard InChI is InChI=1S/C17H19N3O2/c1-22-15-5-2-4-14(12-15)19-17(21)20-11-3-6-16(20)13-7-9-18-10-8-13/h2,4-5,7-10,12,16H,3,6,11H2,1H3,(H,19,21). The number of carbonyl (C=O) groups excluding carboxylic acids is 1. The van der Waals surface area contributed by atoms with Crippen LogP contribution < -0.4 is 10.1 Å². The first kappa shape index (κ1) is 14.4. The van der Waals surface area contributed by atoms with E-state index in [4.69, 9.17) is 4.74 Å². The minimum Gasteiger partial charge on any atom is -0.497 e. The highest BCUT2D eigenvalue weighted by Crippen LogP contribution is 2.32. The van der Waals surface area contributed by atoms with Crippen LogP contribution in [-0.2, 0) is 0 Å². The molecule has 3 rings (SSSR count). The van der Waals surface area contributed by atoms with Crippen LogP contribution >= 0.6 is 0 Å². The van der Waals surface area contributed by atoms with Crippen molar-refractivity contribution < 1.29 is 9.53 Å². The van der Waals surface area contributed by atoms with Gasteiger partial charge in [-0.2, -0.15) is 0 Å². The number of anilines is 1. The van der Waals surface area contributed by atoms with Gasteiger partial charge < -0.3 is 15.0 Å². The molecule has 2 aromatic rings. The molecule has 1 aliphatic rings. The van der Waals surface area contributed by atoms with E-state index in [-0.39, 0.29) is 12.1 Å². The van der Waals surface area contributed by atoms with Crippen molar-refractivity contribution in [1.29, 1.82) is 0 Å². The van der Waals surface area contributed by atoms with E-state index < -0.39 is 0 Å². The number of methoxy groups -OCH3 is 1. The number of rotatable bonds is 3. The number of nitrogens with one attached hydrogen (secondary N) is 1. The Balaban J connectivity index is 1.73. The Morgan fingerprint density at radius 3 is 2.91 bits per heavy atom. The number of nitrogens with zero attached hydrogens (tertiary/aromatic N) is 2. The Kier molecular flexibility index (Phi) is 4.23. The molecular formula is C17H19N3O2. The molecule has 2 amide bonds. The summed E-state index contributed by atoms with van der Waals surface area (Å²) in [7, 11) is 1.61. The predicted octanol–water partition coefficient (Wildman–Crippen LogP) is 3.46. The van der Waals surface area contributed by atoms with Gasteiger partial charge in [0.2, 0.25) is 0 Å². The third kappa shape index (κ3) is 3.03. The number of ether oxygens (including phenoxy) is 1. The van der Waals surface area contributed by atoms with Crippen molar-refractivity contribution in [3.63, 3.8) is 0 Å². The SMILES string of the molecule is COc1cccc(NC(=O)N2CCCC2c2ccncc2)c1. The summed E-state index contributed by atoms with van der Waals surface area (Å²) in [6.45, 7) is 0.767. The molecule has 1 aromatic heterocycles. The molecule has 1 fully saturated rings. The van der Waals surface area contributed by atoms with E-state index in [1.807, 2.05) is 41.3 Å². The van der Waals surface area contributed by atoms with E-state index in [1.54, 1.807) is 19.5 Å². The molecule has 1 unspecified atom stereocenters. The van der Waals surface area contributed by atoms with E-state index in [0.29, 0.717) is 0 Å². The molecular weight excluding hydrogens is 278 g/mol. The topological polar surface area (TPSA) is 54.5 Å². The van der Waals surface area contributed by atoms with E-state index in [1.165, 1.54) is 0 Å². The molecule has 1 aromatic carbocycles. The quantitative estimate of drug-likeness (QED) is 0.944. The molecule has 1 atom stereocenters. The van der Waals surface area contributed by atoms with Crippen molar-refractivity contribution in [2.45, 2.75) is 18.9 Å². The zero-order valence-corrected chi connectivity index (χ0v) is 12.5. The lowest BCUT2D eigenvalue weighted by Crippen LogP contribution is -2.34. The first-order valence-electron chi connectivity index (χ1n) is 7.39. The number of urea groups is 1. The van der Waals surface area contributed by atoms with Gasteiger partial charge in [0.1, 0.15) is 5.75 Å². The molecule has 0 aliphatic carbocycles. The van der Waals surface area contributed by atoms with Crippen LogP contribution in [0.1, 0.15) is 24.4 Å². The number of carbonyl (C=O) groups is 1. The third-order valence-electron chi connectivity index (χ3n) is 3.93. The highest BCUT2D eigenvalue weighted by molar-refractivity contribution is 5.90. The average molecular weight is 297 g/mol. The summed E-state index contributed by atoms with van der Waals surface area (Å²) >= 11 is 0. The summed E-state index contributed by atoms with van der Waals surface area (Å²) in [5.41, 5.74) is 1.87. The van der Waals surface area contributed by atoms with Crippen molar-refractivity contribution in [3.8, 4) is 5.75 Å². The van der Waals surface area contributed by atoms with Crippen molar-refractivity contribution in [3.05, 3.63) is 54.4 Å². The Morgan fingerprint density at radius 1 is 1.32 bits per heavy atom. The molecule has 5 heteroatoms. The zero-order valence-electron chi connectivity index (χ0n) is 12.5. The summed E-state index contributed by atoms with van der Waals surface area (Å²) in [5, 5.41) is 2.95. The molecule has 22 heavy (non-hydrogen) atoms. The van der Waals surface area contributed by atoms with Gasteiger partial charge in [-0.25, -0.2) is 4.79 Å². The van der Waals surface area contributed by atoms with E-state index >= 15 is 0 Å². The Labute approximate surface area is 129 Å². The first-order valence-corrected chi connectivity index (χ1v) is 7.39. The zero-order chi connectivity index (χ0) is 15.4. The van der Waals surface area contributed by atoms with Gasteiger partial charge in [-0.05, 0) is 42.7 Å². The van der Waals surface area contributed by atoms with Crippen LogP contribution in [-0.4, -0.2) is 29.6 Å². The van der Waals surface area contributed by atoms with Crippen LogP contribution in [0.4, 0.5) is 10.5 Å². The van der Waals surface area contributed by atoms with Crippen molar-refractivity contribution in [2.24, 2.45) is 0 Å². The molecule has 114 valence electrons. The highest BCUT2D eigenvalue weighted by Gasteiger charge is 2.29. The summed E-state index contributed by atoms with van der Waals surface area (Å²) in [6, 6.07) is 11.4. The maximum Gasteiger partial charge on any atom is 0.322 e. The molecule has 0 bridgehead atoms. The van der Waals surface area contributed by atoms with Gasteiger partial charge in [-0.1, -0.05) is 6.07 Å². The number of pyridine rings is 1. The van der Waals surface area contributed by atoms with Gasteiger partial charge in [-0.15, -0.1) is 0 Å². The number of hydrogen-bond acceptors (Lipinski definition) is 3. The Hall–Kier alpha value is -2.56. The Bertz CT molecular complexity index is 645. The maximum atomic E-state index is 12.6. The van der Waals surface area contributed by atoms with Gasteiger partial charge in [0.05, 0.1) is 13.2 Å². The van der Waals surface area contributed by atoms with Crippen LogP contribution in [0.25, 0.3) is 0 Å². The maximum absolute atomic E-state index is 12.6. The molecule has 1 aliphatic heterocycles. The minimum absolute atomic E-state index is 0.0763. The number of hydrogen-bond donors (Lipinski definition) is 1. The molecule has 0 radical (unpaired) electrons. The van der Waals surface area contributed by atoms with Crippen LogP contribution in [0.5, 0.6) is 5.75 Å². The van der Waals surface area contributed by atoms with E-state index in [0.717, 1.165) is 36.4 Å². The summed E-state index contributed by atoms with van der Waals surface area (Å²) in [5.74, 6) is 0.727. The van der Waals surface area contributed by atoms with E-state index in [2.05, 4.69) is 10.3 Å². The second kappa shape index (κ2) is 6.47. The van der Waals surface area contributed by atoms with Gasteiger partial charge in [0.25, 0.3) is 0 Å². The van der Waals surface area contributed by atoms with E-state index in [9.17, 15) is 4.79 Å². The predicted molar refractivity (Wildman–Crippen MR) is 84.9 cm³/mol. The Morgan fingerprint density at radius 2 is 2.14 bits per heavy atom. The number of benzene rings is 1. The van der Waals surface area contributed by atoms with Gasteiger partial charge in [-0.3, -0.25) is 4.98 Å². The van der Waals surface area contributed by atoms with Crippen LogP contribution in [0.2, 0.25) is 0 Å². The van der Waals surface area contributed by atoms with Gasteiger partial charge >= 0.3 is 6.03 Å². The average Bonchev–Trinajstić information content (AvgIpc) is 3.05. The van der Waals surface area contributed by atoms with Crippen LogP contribution in [0, 0.1) is 0 Å². The smallest absolute Gasteiger partial charge is 0.322 e. The minimum atomic E-state index is -0.0763. The van der Waals surface area contributed by atoms with Crippen LogP contribution in [0.3, 0.4) is 0 Å². The van der Waals surface area contributed by atoms with Crippen molar-refractivity contribution in [1.82, 2.24) is 9.88 Å². The molecule has 1 saturated heterocycles. The van der Waals surface area contributed by atoms with Crippen molar-refractivity contribution in [2.75, 3.05) is 19.0 Å². The highest BCUT2D eigenvalue weighted by atomic mass is 16.5. The second-order valence-corrected chi connectivity index (χ2v) is 5.29. The molecule has 0 saturated carbocycles. The fraction of sp³-hybridized carbons (Fsp3) is 0.294. The lowest BCUT2D eigenvalue weighted by atomic mass is 10.1. The summed E-state index contributed by atoms with van der Waals surface area (Å²) in [4.78, 5) is 18.5. The second-order valence-electron chi connectivity index (χ2n) is 5.29. The molecule has 0 spiro atoms. The fourth-order valence-corrected chi connectivity index (χ4v) is 2.84. The fourth-order valence-electron chi connectivity index (χ4n) is 2.84. The lowest BCUT2D eigenvalue weighted by Gasteiger charge is -2.25. The first-order chi connectivity index (χ1) is 10.8. The molecule has 2 heterocycles. The van der Waals surface area contributed by atoms with Crippen LogP contribution in [0.15, 0.2) is 48.8 Å². The number of likely N-dealkylation sites (tertiary alicyclic amines) is 1. The van der Waals surface area contributed by atoms with Crippen molar-refractivity contribution >= 4 is 11.7 Å². The van der Waals surface area contributed by atoms with Gasteiger partial charge in [0.15, 0.2) is 0 Å². The van der Waals surface area contributed by atoms with Gasteiger partial charge in [0, 0.05) is 30.7 Å². The largest absolute Gasteiger partial charge is 0.497 e. The molecule has 1 N–H and O–H groups in total. The third-order valence-corrected chi connectivity index (χ3v) is 3.93. The number of aromatic nitrogens is 1. The molecule has 5 nitrogen and oxygen atoms in total. The summed E-state index contributed by atoms with van der Waals surface area (Å²) in [6.07, 6.45) is 5.53. The lowest BCUT2D eigenvalue weighted by molar-refractivity contribution is 0.207. The summed E-state index contributed by atoms with van der Waals surface area (Å²) < 4.78 is 5.18. The number of amides is 2.